The van der Waals surface area contributed by atoms with Gasteiger partial charge >= 0.3 is 18.1 Å². The molecule has 85 heavy (non-hydrogen) atoms. The molecule has 0 radical (unpaired) electrons. The maximum absolute atomic E-state index is 15.2. The molecule has 478 valence electrons. The minimum atomic E-state index is -1.61. The van der Waals surface area contributed by atoms with Crippen molar-refractivity contribution in [3.8, 4) is 11.5 Å². The number of amides is 3. The number of cyclic esters (lactones) is 1. The van der Waals surface area contributed by atoms with Crippen LogP contribution < -0.4 is 14.8 Å². The summed E-state index contributed by atoms with van der Waals surface area (Å²) < 4.78 is 69.0. The van der Waals surface area contributed by atoms with Crippen LogP contribution in [0.1, 0.15) is 124 Å². The monoisotopic (exact) mass is 1240 g/mol. The third-order valence-corrected chi connectivity index (χ3v) is 18.8. The van der Waals surface area contributed by atoms with E-state index in [4.69, 9.17) is 75.3 Å². The second-order valence-corrected chi connectivity index (χ2v) is 24.8. The summed E-state index contributed by atoms with van der Waals surface area (Å²) in [5, 5.41) is 26.9. The Morgan fingerprint density at radius 1 is 0.882 bits per heavy atom. The number of halogens is 2. The Kier molecular flexibility index (Phi) is 24.7. The SMILES string of the molecule is CC[C@H]1OC(=O)[C@H](C)[C@@H](O[C@H]2C[C@@](C)(OC)[C@@H](O)[C@H](C)O2)[C@H](C)[C@@H](O[C@@H]2O[C@H](C)C[C@H](N(C)C(=O)N3CCOCC3)[C@H]2O)[C@](C)(OC)C[C@@H](C)C(=O)[C@H](C)[C@@H](C)[C@]1(C)OC(=O)NCCCOc1cc(C(=O)Cc2c(Cl)cncc2Cl)ccc1OC. The zero-order valence-corrected chi connectivity index (χ0v) is 53.6. The Morgan fingerprint density at radius 2 is 1.54 bits per heavy atom. The first-order chi connectivity index (χ1) is 40.1. The molecule has 2 aromatic rings. The zero-order chi connectivity index (χ0) is 62.9. The molecule has 24 heteroatoms. The maximum atomic E-state index is 15.2. The standard InChI is InChI=1S/C61H92Cl2N4O18/c1-16-48-61(11,85-57(73)65-20-17-23-79-47-27-40(18-19-46(47)75-13)45(68)28-41-42(62)31-64-32-43(41)63)38(7)35(4)50(69)33(2)29-60(10,77-15)54(84-56-51(70)44(26-34(3)80-56)66(12)58(74)67-21-24-78-25-22-67)36(5)52(37(6)55(72)82-48)83-49-30-59(9,76-14)53(71)39(8)81-49/h18-19,27,31-39,44,48-49,51-54,56,70-71H,16-17,20-26,28-30H2,1-15H3,(H,65,73)/t33-,34-,35-,36+,37-,38-,39+,44+,48-,49+,51-,52+,53+,54-,56+,59-,60-,61+/m1/s1. The molecule has 4 aliphatic rings. The van der Waals surface area contributed by atoms with Gasteiger partial charge in [-0.2, -0.15) is 0 Å². The van der Waals surface area contributed by atoms with Crippen molar-refractivity contribution in [1.29, 1.82) is 0 Å². The second-order valence-electron chi connectivity index (χ2n) is 24.0. The molecule has 0 bridgehead atoms. The summed E-state index contributed by atoms with van der Waals surface area (Å²) in [6, 6.07) is 3.77. The molecule has 0 unspecified atom stereocenters. The van der Waals surface area contributed by atoms with Gasteiger partial charge in [-0.25, -0.2) is 9.59 Å². The van der Waals surface area contributed by atoms with Crippen LogP contribution >= 0.6 is 23.2 Å². The van der Waals surface area contributed by atoms with Crippen LogP contribution in [0.2, 0.25) is 10.0 Å². The van der Waals surface area contributed by atoms with Gasteiger partial charge in [0.05, 0.1) is 84.6 Å². The number of ketones is 2. The summed E-state index contributed by atoms with van der Waals surface area (Å²) in [6.07, 6.45) is -6.66. The quantitative estimate of drug-likeness (QED) is 0.0728. The fraction of sp³-hybridized carbons (Fsp3) is 0.738. The minimum Gasteiger partial charge on any atom is -0.493 e. The Morgan fingerprint density at radius 3 is 2.16 bits per heavy atom. The van der Waals surface area contributed by atoms with Crippen LogP contribution in [0.5, 0.6) is 11.5 Å². The number of esters is 1. The number of aliphatic hydroxyl groups excluding tert-OH is 2. The smallest absolute Gasteiger partial charge is 0.407 e. The molecule has 3 N–H and O–H groups in total. The topological polar surface area (TPSA) is 259 Å². The number of nitrogens with zero attached hydrogens (tertiary/aromatic N) is 3. The predicted octanol–water partition coefficient (Wildman–Crippen LogP) is 7.88. The van der Waals surface area contributed by atoms with Gasteiger partial charge in [0.15, 0.2) is 35.5 Å². The molecule has 22 nitrogen and oxygen atoms in total. The van der Waals surface area contributed by atoms with E-state index in [0.717, 1.165) is 0 Å². The van der Waals surface area contributed by atoms with Crippen molar-refractivity contribution < 1.29 is 86.3 Å². The molecular weight excluding hydrogens is 1150 g/mol. The van der Waals surface area contributed by atoms with Gasteiger partial charge < -0.3 is 77.4 Å². The molecule has 0 aliphatic carbocycles. The number of carbonyl (C=O) groups is 5. The molecule has 4 fully saturated rings. The summed E-state index contributed by atoms with van der Waals surface area (Å²) in [5.74, 6) is -4.80. The van der Waals surface area contributed by atoms with Gasteiger partial charge in [-0.3, -0.25) is 19.4 Å². The van der Waals surface area contributed by atoms with Crippen molar-refractivity contribution in [3.63, 3.8) is 0 Å². The number of pyridine rings is 1. The lowest BCUT2D eigenvalue weighted by molar-refractivity contribution is -0.319. The Bertz CT molecular complexity index is 2580. The van der Waals surface area contributed by atoms with Gasteiger partial charge in [-0.15, -0.1) is 0 Å². The number of urea groups is 1. The average molecular weight is 1240 g/mol. The lowest BCUT2D eigenvalue weighted by Crippen LogP contribution is -2.62. The fourth-order valence-electron chi connectivity index (χ4n) is 12.4. The largest absolute Gasteiger partial charge is 0.493 e. The molecule has 5 heterocycles. The Labute approximate surface area is 510 Å². The van der Waals surface area contributed by atoms with Crippen LogP contribution in [0.15, 0.2) is 30.6 Å². The van der Waals surface area contributed by atoms with E-state index in [1.165, 1.54) is 38.6 Å². The first-order valence-corrected chi connectivity index (χ1v) is 30.3. The van der Waals surface area contributed by atoms with Crippen LogP contribution in [0.25, 0.3) is 0 Å². The highest BCUT2D eigenvalue weighted by atomic mass is 35.5. The second kappa shape index (κ2) is 30.2. The van der Waals surface area contributed by atoms with Gasteiger partial charge in [-0.1, -0.05) is 57.8 Å². The zero-order valence-electron chi connectivity index (χ0n) is 52.1. The van der Waals surface area contributed by atoms with E-state index in [0.29, 0.717) is 55.4 Å². The fourth-order valence-corrected chi connectivity index (χ4v) is 12.9. The van der Waals surface area contributed by atoms with Gasteiger partial charge in [0.2, 0.25) is 0 Å². The molecule has 1 aromatic carbocycles. The number of benzene rings is 1. The van der Waals surface area contributed by atoms with E-state index in [-0.39, 0.29) is 72.9 Å². The number of Topliss-reactive ketones (excluding diaryl/α,β-unsaturated/α-hetero) is 2. The number of hydrogen-bond acceptors (Lipinski definition) is 19. The molecule has 18 atom stereocenters. The third-order valence-electron chi connectivity index (χ3n) is 18.2. The van der Waals surface area contributed by atoms with Crippen molar-refractivity contribution in [2.45, 2.75) is 193 Å². The first-order valence-electron chi connectivity index (χ1n) is 29.6. The van der Waals surface area contributed by atoms with Crippen LogP contribution in [-0.4, -0.2) is 201 Å². The number of hydrogen-bond donors (Lipinski definition) is 3. The van der Waals surface area contributed by atoms with Gasteiger partial charge in [0.1, 0.15) is 24.1 Å². The van der Waals surface area contributed by atoms with Crippen molar-refractivity contribution in [3.05, 3.63) is 51.8 Å². The summed E-state index contributed by atoms with van der Waals surface area (Å²) in [7, 11) is 6.10. The van der Waals surface area contributed by atoms with E-state index in [1.807, 2.05) is 13.8 Å². The van der Waals surface area contributed by atoms with Crippen LogP contribution in [0.4, 0.5) is 9.59 Å². The lowest BCUT2D eigenvalue weighted by atomic mass is 9.71. The number of aliphatic hydroxyl groups is 2. The first kappa shape index (κ1) is 69.6. The van der Waals surface area contributed by atoms with E-state index in [2.05, 4.69) is 10.3 Å². The molecule has 0 spiro atoms. The van der Waals surface area contributed by atoms with Gasteiger partial charge in [0, 0.05) is 101 Å². The van der Waals surface area contributed by atoms with Crippen molar-refractivity contribution in [2.75, 3.05) is 67.8 Å². The highest BCUT2D eigenvalue weighted by Crippen LogP contribution is 2.44. The van der Waals surface area contributed by atoms with E-state index in [9.17, 15) is 24.6 Å². The summed E-state index contributed by atoms with van der Waals surface area (Å²) in [4.78, 5) is 78.7. The number of alkyl carbamates (subject to hydrolysis) is 1. The molecular formula is C61H92Cl2N4O18. The minimum absolute atomic E-state index is 0.0496. The number of morpholine rings is 1. The number of methoxy groups -OCH3 is 3. The Hall–Kier alpha value is -4.46. The summed E-state index contributed by atoms with van der Waals surface area (Å²) >= 11 is 12.6. The van der Waals surface area contributed by atoms with E-state index in [1.54, 1.807) is 92.5 Å². The molecule has 4 aliphatic heterocycles. The number of carbonyl (C=O) groups excluding carboxylic acids is 5. The van der Waals surface area contributed by atoms with E-state index < -0.39 is 120 Å². The molecule has 4 saturated heterocycles. The van der Waals surface area contributed by atoms with Crippen LogP contribution in [0, 0.1) is 29.6 Å². The molecule has 3 amide bonds. The number of nitrogens with one attached hydrogen (secondary N) is 1. The third kappa shape index (κ3) is 16.3. The van der Waals surface area contributed by atoms with E-state index >= 15 is 9.59 Å². The lowest BCUT2D eigenvalue weighted by Gasteiger charge is -2.50. The molecule has 0 saturated carbocycles. The van der Waals surface area contributed by atoms with Gasteiger partial charge in [-0.05, 0) is 85.4 Å². The Balaban J connectivity index is 1.27. The summed E-state index contributed by atoms with van der Waals surface area (Å²) in [6.45, 7) is 21.1. The summed E-state index contributed by atoms with van der Waals surface area (Å²) in [5.41, 5.74) is -3.34. The number of aromatic nitrogens is 1. The number of rotatable bonds is 18. The maximum Gasteiger partial charge on any atom is 0.407 e. The predicted molar refractivity (Wildman–Crippen MR) is 314 cm³/mol. The number of ether oxygens (including phenoxy) is 11. The van der Waals surface area contributed by atoms with Crippen molar-refractivity contribution >= 4 is 52.9 Å². The molecule has 1 aromatic heterocycles. The van der Waals surface area contributed by atoms with Crippen LogP contribution in [0.3, 0.4) is 0 Å². The van der Waals surface area contributed by atoms with Crippen molar-refractivity contribution in [2.24, 2.45) is 29.6 Å². The molecule has 6 rings (SSSR count). The number of likely N-dealkylation sites (N-methyl/N-ethyl adjacent to an activating group) is 1. The highest BCUT2D eigenvalue weighted by Gasteiger charge is 2.55. The van der Waals surface area contributed by atoms with Crippen LogP contribution in [-0.2, 0) is 58.6 Å². The normalized spacial score (nSPS) is 35.2. The van der Waals surface area contributed by atoms with Gasteiger partial charge in [0.25, 0.3) is 0 Å². The highest BCUT2D eigenvalue weighted by molar-refractivity contribution is 6.36. The average Bonchev–Trinajstić information content (AvgIpc) is 3.57. The van der Waals surface area contributed by atoms with Crippen molar-refractivity contribution in [1.82, 2.24) is 20.1 Å².